The van der Waals surface area contributed by atoms with E-state index in [1.807, 2.05) is 12.3 Å². The van der Waals surface area contributed by atoms with Gasteiger partial charge in [-0.1, -0.05) is 6.07 Å². The molecule has 1 N–H and O–H groups in total. The molecule has 5 heteroatoms. The van der Waals surface area contributed by atoms with Gasteiger partial charge in [0.15, 0.2) is 0 Å². The van der Waals surface area contributed by atoms with Crippen LogP contribution in [0.2, 0.25) is 0 Å². The van der Waals surface area contributed by atoms with Crippen molar-refractivity contribution in [1.29, 1.82) is 0 Å². The average molecular weight is 347 g/mol. The monoisotopic (exact) mass is 346 g/mol. The molecule has 25 heavy (non-hydrogen) atoms. The third-order valence-electron chi connectivity index (χ3n) is 5.88. The predicted molar refractivity (Wildman–Crippen MR) is 101 cm³/mol. The molecule has 2 saturated heterocycles. The topological polar surface area (TPSA) is 42.8 Å². The van der Waals surface area contributed by atoms with Crippen LogP contribution in [0.25, 0.3) is 0 Å². The molecule has 2 fully saturated rings. The fraction of sp³-hybridized carbons (Fsp3) is 0.750. The molecule has 3 heterocycles. The third-order valence-corrected chi connectivity index (χ3v) is 5.88. The lowest BCUT2D eigenvalue weighted by atomic mass is 9.97. The second-order valence-corrected chi connectivity index (χ2v) is 7.82. The maximum atomic E-state index is 9.56. The molecule has 2 aliphatic heterocycles. The van der Waals surface area contributed by atoms with Crippen molar-refractivity contribution in [1.82, 2.24) is 19.7 Å². The second-order valence-electron chi connectivity index (χ2n) is 7.82. The molecule has 0 amide bonds. The number of hydrogen-bond acceptors (Lipinski definition) is 5. The number of hydrogen-bond donors (Lipinski definition) is 1. The molecule has 0 radical (unpaired) electrons. The first-order chi connectivity index (χ1) is 12.2. The Kier molecular flexibility index (Phi) is 6.82. The average Bonchev–Trinajstić information content (AvgIpc) is 2.63. The van der Waals surface area contributed by atoms with Crippen LogP contribution in [0.4, 0.5) is 0 Å². The van der Waals surface area contributed by atoms with Gasteiger partial charge in [0.05, 0.1) is 5.69 Å². The van der Waals surface area contributed by atoms with E-state index in [-0.39, 0.29) is 6.61 Å². The summed E-state index contributed by atoms with van der Waals surface area (Å²) >= 11 is 0. The summed E-state index contributed by atoms with van der Waals surface area (Å²) < 4.78 is 0. The molecule has 1 aromatic rings. The Morgan fingerprint density at radius 2 is 1.96 bits per heavy atom. The van der Waals surface area contributed by atoms with Crippen LogP contribution in [0.15, 0.2) is 24.4 Å². The molecule has 140 valence electrons. The van der Waals surface area contributed by atoms with Crippen LogP contribution in [-0.2, 0) is 6.54 Å². The van der Waals surface area contributed by atoms with Crippen LogP contribution in [-0.4, -0.2) is 82.2 Å². The number of pyridine rings is 1. The zero-order valence-corrected chi connectivity index (χ0v) is 15.8. The molecule has 0 aromatic carbocycles. The van der Waals surface area contributed by atoms with E-state index in [0.717, 1.165) is 38.3 Å². The normalized spacial score (nSPS) is 24.9. The number of nitrogens with zero attached hydrogens (tertiary/aromatic N) is 4. The van der Waals surface area contributed by atoms with Crippen molar-refractivity contribution < 1.29 is 5.11 Å². The minimum absolute atomic E-state index is 0.281. The predicted octanol–water partition coefficient (Wildman–Crippen LogP) is 1.82. The molecular weight excluding hydrogens is 312 g/mol. The molecule has 0 unspecified atom stereocenters. The Morgan fingerprint density at radius 3 is 2.60 bits per heavy atom. The number of piperidine rings is 1. The summed E-state index contributed by atoms with van der Waals surface area (Å²) in [5.41, 5.74) is 1.14. The summed E-state index contributed by atoms with van der Waals surface area (Å²) in [6.45, 7) is 11.5. The van der Waals surface area contributed by atoms with Crippen molar-refractivity contribution in [3.8, 4) is 0 Å². The van der Waals surface area contributed by atoms with Gasteiger partial charge in [-0.25, -0.2) is 0 Å². The first kappa shape index (κ1) is 18.8. The number of aromatic nitrogens is 1. The van der Waals surface area contributed by atoms with Crippen LogP contribution in [0, 0.1) is 0 Å². The number of piperazine rings is 1. The zero-order chi connectivity index (χ0) is 17.6. The van der Waals surface area contributed by atoms with Gasteiger partial charge in [-0.05, 0) is 58.3 Å². The largest absolute Gasteiger partial charge is 0.396 e. The summed E-state index contributed by atoms with van der Waals surface area (Å²) in [4.78, 5) is 12.3. The van der Waals surface area contributed by atoms with E-state index in [1.165, 1.54) is 25.9 Å². The van der Waals surface area contributed by atoms with E-state index in [0.29, 0.717) is 18.1 Å². The number of aliphatic hydroxyl groups is 1. The molecule has 0 saturated carbocycles. The summed E-state index contributed by atoms with van der Waals surface area (Å²) in [7, 11) is 0. The quantitative estimate of drug-likeness (QED) is 0.851. The lowest BCUT2D eigenvalue weighted by Crippen LogP contribution is -2.58. The van der Waals surface area contributed by atoms with Gasteiger partial charge in [0, 0.05) is 57.1 Å². The van der Waals surface area contributed by atoms with Crippen molar-refractivity contribution in [2.45, 2.75) is 57.8 Å². The lowest BCUT2D eigenvalue weighted by molar-refractivity contribution is -0.000337. The van der Waals surface area contributed by atoms with E-state index in [4.69, 9.17) is 0 Å². The Bertz CT molecular complexity index is 502. The van der Waals surface area contributed by atoms with Gasteiger partial charge in [-0.15, -0.1) is 0 Å². The summed E-state index contributed by atoms with van der Waals surface area (Å²) in [5.74, 6) is 0. The smallest absolute Gasteiger partial charge is 0.0543 e. The molecule has 1 atom stereocenters. The van der Waals surface area contributed by atoms with Gasteiger partial charge in [0.25, 0.3) is 0 Å². The Labute approximate surface area is 152 Å². The minimum atomic E-state index is 0.281. The summed E-state index contributed by atoms with van der Waals surface area (Å²) in [6, 6.07) is 7.95. The highest BCUT2D eigenvalue weighted by molar-refractivity contribution is 5.04. The van der Waals surface area contributed by atoms with Gasteiger partial charge >= 0.3 is 0 Å². The van der Waals surface area contributed by atoms with Crippen molar-refractivity contribution >= 4 is 0 Å². The first-order valence-corrected chi connectivity index (χ1v) is 9.90. The third kappa shape index (κ3) is 5.00. The molecule has 0 spiro atoms. The molecule has 2 aliphatic rings. The molecule has 0 aliphatic carbocycles. The van der Waals surface area contributed by atoms with Crippen LogP contribution in [0.1, 0.15) is 38.8 Å². The van der Waals surface area contributed by atoms with Crippen molar-refractivity contribution in [3.05, 3.63) is 30.1 Å². The highest BCUT2D eigenvalue weighted by Gasteiger charge is 2.33. The lowest BCUT2D eigenvalue weighted by Gasteiger charge is -2.48. The van der Waals surface area contributed by atoms with Gasteiger partial charge < -0.3 is 10.0 Å². The van der Waals surface area contributed by atoms with Crippen LogP contribution >= 0.6 is 0 Å². The Morgan fingerprint density at radius 1 is 1.16 bits per heavy atom. The van der Waals surface area contributed by atoms with Crippen molar-refractivity contribution in [3.63, 3.8) is 0 Å². The van der Waals surface area contributed by atoms with Crippen LogP contribution < -0.4 is 0 Å². The number of aliphatic hydroxyl groups excluding tert-OH is 1. The fourth-order valence-electron chi connectivity index (χ4n) is 4.42. The van der Waals surface area contributed by atoms with Crippen molar-refractivity contribution in [2.75, 3.05) is 39.3 Å². The van der Waals surface area contributed by atoms with Crippen LogP contribution in [0.3, 0.4) is 0 Å². The molecule has 1 aromatic heterocycles. The van der Waals surface area contributed by atoms with E-state index >= 15 is 0 Å². The number of likely N-dealkylation sites (tertiary alicyclic amines) is 1. The Balaban J connectivity index is 1.56. The van der Waals surface area contributed by atoms with Crippen molar-refractivity contribution in [2.24, 2.45) is 0 Å². The van der Waals surface area contributed by atoms with Gasteiger partial charge in [-0.2, -0.15) is 0 Å². The maximum Gasteiger partial charge on any atom is 0.0543 e. The summed E-state index contributed by atoms with van der Waals surface area (Å²) in [6.07, 6.45) is 5.28. The van der Waals surface area contributed by atoms with Gasteiger partial charge in [0.2, 0.25) is 0 Å². The first-order valence-electron chi connectivity index (χ1n) is 9.90. The standard InChI is InChI=1S/C20H34N4O/c1-17(2)23-10-6-19(7-11-23)24-13-12-22(16-20(24)8-14-25)15-18-5-3-4-9-21-18/h3-5,9,17,19-20,25H,6-8,10-16H2,1-2H3/t20-/m0/s1. The highest BCUT2D eigenvalue weighted by Crippen LogP contribution is 2.24. The number of rotatable bonds is 6. The molecule has 0 bridgehead atoms. The fourth-order valence-corrected chi connectivity index (χ4v) is 4.42. The van der Waals surface area contributed by atoms with Gasteiger partial charge in [0.1, 0.15) is 0 Å². The second kappa shape index (κ2) is 9.08. The van der Waals surface area contributed by atoms with E-state index in [1.54, 1.807) is 0 Å². The Hall–Kier alpha value is -1.01. The van der Waals surface area contributed by atoms with Crippen LogP contribution in [0.5, 0.6) is 0 Å². The molecule has 3 rings (SSSR count). The molecule has 5 nitrogen and oxygen atoms in total. The van der Waals surface area contributed by atoms with E-state index < -0.39 is 0 Å². The summed E-state index contributed by atoms with van der Waals surface area (Å²) in [5, 5.41) is 9.56. The highest BCUT2D eigenvalue weighted by atomic mass is 16.3. The van der Waals surface area contributed by atoms with Gasteiger partial charge in [-0.3, -0.25) is 14.8 Å². The maximum absolute atomic E-state index is 9.56. The van der Waals surface area contributed by atoms with E-state index in [2.05, 4.69) is 45.7 Å². The zero-order valence-electron chi connectivity index (χ0n) is 15.8. The molecular formula is C20H34N4O. The van der Waals surface area contributed by atoms with E-state index in [9.17, 15) is 5.11 Å². The minimum Gasteiger partial charge on any atom is -0.396 e. The SMILES string of the molecule is CC(C)N1CCC(N2CCN(Cc3ccccn3)C[C@@H]2CCO)CC1.